The average molecular weight is 429 g/mol. The minimum absolute atomic E-state index is 0.344. The van der Waals surface area contributed by atoms with Gasteiger partial charge in [-0.1, -0.05) is 12.1 Å². The maximum absolute atomic E-state index is 14.8. The fraction of sp³-hybridized carbons (Fsp3) is 0.200. The Kier molecular flexibility index (Phi) is 6.09. The highest BCUT2D eigenvalue weighted by Crippen LogP contribution is 2.35. The van der Waals surface area contributed by atoms with Crippen molar-refractivity contribution in [2.24, 2.45) is 0 Å². The summed E-state index contributed by atoms with van der Waals surface area (Å²) in [6, 6.07) is 13.1. The average Bonchev–Trinajstić information content (AvgIpc) is 2.70. The van der Waals surface area contributed by atoms with Gasteiger partial charge < -0.3 is 15.4 Å². The third-order valence-electron chi connectivity index (χ3n) is 4.11. The lowest BCUT2D eigenvalue weighted by Gasteiger charge is -2.17. The van der Waals surface area contributed by atoms with Gasteiger partial charge in [0.1, 0.15) is 11.6 Å². The van der Waals surface area contributed by atoms with Crippen molar-refractivity contribution < 1.29 is 9.13 Å². The minimum atomic E-state index is -0.374. The number of hydrogen-bond donors (Lipinski definition) is 2. The largest absolute Gasteiger partial charge is 0.497 e. The SMILES string of the molecule is COc1ccc(CNc2c(NCCC#N)cnc3ccc(Br)c(F)c23)cc1. The number of fused-ring (bicyclic) bond motifs is 1. The van der Waals surface area contributed by atoms with Crippen molar-refractivity contribution in [3.05, 3.63) is 58.4 Å². The number of anilines is 2. The summed E-state index contributed by atoms with van der Waals surface area (Å²) >= 11 is 3.24. The predicted molar refractivity (Wildman–Crippen MR) is 108 cm³/mol. The Balaban J connectivity index is 1.96. The fourth-order valence-electron chi connectivity index (χ4n) is 2.72. The molecule has 0 spiro atoms. The van der Waals surface area contributed by atoms with E-state index in [-0.39, 0.29) is 5.82 Å². The standard InChI is InChI=1S/C20H18BrFN4O/c1-27-14-5-3-13(4-6-14)11-26-20-17(24-10-2-9-23)12-25-16-8-7-15(21)19(22)18(16)20/h3-8,12,24H,2,10-11H2,1H3,(H,25,26). The molecule has 27 heavy (non-hydrogen) atoms. The van der Waals surface area contributed by atoms with Gasteiger partial charge in [-0.15, -0.1) is 0 Å². The molecule has 1 aromatic heterocycles. The summed E-state index contributed by atoms with van der Waals surface area (Å²) in [5, 5.41) is 15.6. The number of nitrogens with zero attached hydrogens (tertiary/aromatic N) is 2. The van der Waals surface area contributed by atoms with Gasteiger partial charge in [0.15, 0.2) is 0 Å². The molecule has 3 aromatic rings. The molecule has 1 heterocycles. The molecule has 2 aromatic carbocycles. The van der Waals surface area contributed by atoms with Crippen LogP contribution in [-0.4, -0.2) is 18.6 Å². The first kappa shape index (κ1) is 18.9. The van der Waals surface area contributed by atoms with E-state index in [1.807, 2.05) is 24.3 Å². The first-order chi connectivity index (χ1) is 13.1. The van der Waals surface area contributed by atoms with E-state index in [1.165, 1.54) is 0 Å². The van der Waals surface area contributed by atoms with Gasteiger partial charge in [0.25, 0.3) is 0 Å². The van der Waals surface area contributed by atoms with Crippen LogP contribution in [0.15, 0.2) is 47.1 Å². The van der Waals surface area contributed by atoms with Gasteiger partial charge in [0.2, 0.25) is 0 Å². The third kappa shape index (κ3) is 4.29. The summed E-state index contributed by atoms with van der Waals surface area (Å²) in [6.07, 6.45) is 2.00. The zero-order chi connectivity index (χ0) is 19.2. The van der Waals surface area contributed by atoms with Crippen LogP contribution in [0.4, 0.5) is 15.8 Å². The van der Waals surface area contributed by atoms with Crippen molar-refractivity contribution >= 4 is 38.2 Å². The van der Waals surface area contributed by atoms with Gasteiger partial charge in [0.05, 0.1) is 52.5 Å². The molecule has 3 rings (SSSR count). The van der Waals surface area contributed by atoms with Gasteiger partial charge in [-0.3, -0.25) is 4.98 Å². The molecule has 0 fully saturated rings. The molecule has 0 saturated carbocycles. The van der Waals surface area contributed by atoms with Gasteiger partial charge in [-0.05, 0) is 45.8 Å². The quantitative estimate of drug-likeness (QED) is 0.513. The molecule has 0 aliphatic heterocycles. The van der Waals surface area contributed by atoms with E-state index >= 15 is 0 Å². The third-order valence-corrected chi connectivity index (χ3v) is 4.72. The maximum atomic E-state index is 14.8. The summed E-state index contributed by atoms with van der Waals surface area (Å²) in [6.45, 7) is 0.957. The van der Waals surface area contributed by atoms with Gasteiger partial charge >= 0.3 is 0 Å². The first-order valence-corrected chi connectivity index (χ1v) is 9.17. The van der Waals surface area contributed by atoms with Crippen LogP contribution in [-0.2, 0) is 6.54 Å². The number of rotatable bonds is 7. The van der Waals surface area contributed by atoms with Crippen molar-refractivity contribution in [1.82, 2.24) is 4.98 Å². The monoisotopic (exact) mass is 428 g/mol. The number of benzene rings is 2. The smallest absolute Gasteiger partial charge is 0.148 e. The van der Waals surface area contributed by atoms with E-state index in [0.717, 1.165) is 11.3 Å². The molecule has 0 atom stereocenters. The Morgan fingerprint density at radius 1 is 1.19 bits per heavy atom. The fourth-order valence-corrected chi connectivity index (χ4v) is 3.05. The van der Waals surface area contributed by atoms with Crippen molar-refractivity contribution in [2.75, 3.05) is 24.3 Å². The van der Waals surface area contributed by atoms with E-state index in [1.54, 1.807) is 25.4 Å². The Hall–Kier alpha value is -2.85. The Labute approximate surface area is 165 Å². The van der Waals surface area contributed by atoms with Crippen LogP contribution in [0.3, 0.4) is 0 Å². The van der Waals surface area contributed by atoms with E-state index in [9.17, 15) is 4.39 Å². The molecule has 2 N–H and O–H groups in total. The Morgan fingerprint density at radius 2 is 1.96 bits per heavy atom. The van der Waals surface area contributed by atoms with Crippen LogP contribution >= 0.6 is 15.9 Å². The van der Waals surface area contributed by atoms with Gasteiger partial charge in [-0.25, -0.2) is 4.39 Å². The number of nitrogens with one attached hydrogen (secondary N) is 2. The number of hydrogen-bond acceptors (Lipinski definition) is 5. The lowest BCUT2D eigenvalue weighted by atomic mass is 10.1. The van der Waals surface area contributed by atoms with E-state index in [2.05, 4.69) is 37.6 Å². The van der Waals surface area contributed by atoms with Crippen molar-refractivity contribution in [3.8, 4) is 11.8 Å². The van der Waals surface area contributed by atoms with Crippen LogP contribution in [0.25, 0.3) is 10.9 Å². The van der Waals surface area contributed by atoms with E-state index in [4.69, 9.17) is 10.00 Å². The minimum Gasteiger partial charge on any atom is -0.497 e. The molecule has 0 bridgehead atoms. The van der Waals surface area contributed by atoms with Crippen LogP contribution in [0, 0.1) is 17.1 Å². The predicted octanol–water partition coefficient (Wildman–Crippen LogP) is 5.08. The van der Waals surface area contributed by atoms with Crippen molar-refractivity contribution in [2.45, 2.75) is 13.0 Å². The van der Waals surface area contributed by atoms with Crippen molar-refractivity contribution in [3.63, 3.8) is 0 Å². The summed E-state index contributed by atoms with van der Waals surface area (Å²) in [5.74, 6) is 0.406. The number of nitriles is 1. The zero-order valence-electron chi connectivity index (χ0n) is 14.7. The second-order valence-corrected chi connectivity index (χ2v) is 6.69. The zero-order valence-corrected chi connectivity index (χ0v) is 16.3. The molecule has 0 amide bonds. The number of aromatic nitrogens is 1. The number of ether oxygens (including phenoxy) is 1. The van der Waals surface area contributed by atoms with Gasteiger partial charge in [0, 0.05) is 13.1 Å². The second kappa shape index (κ2) is 8.69. The molecular formula is C20H18BrFN4O. The van der Waals surface area contributed by atoms with Gasteiger partial charge in [-0.2, -0.15) is 5.26 Å². The number of pyridine rings is 1. The maximum Gasteiger partial charge on any atom is 0.148 e. The molecule has 5 nitrogen and oxygen atoms in total. The van der Waals surface area contributed by atoms with E-state index in [0.29, 0.717) is 46.3 Å². The molecule has 0 unspecified atom stereocenters. The van der Waals surface area contributed by atoms with E-state index < -0.39 is 0 Å². The highest BCUT2D eigenvalue weighted by molar-refractivity contribution is 9.10. The number of halogens is 2. The molecule has 7 heteroatoms. The highest BCUT2D eigenvalue weighted by Gasteiger charge is 2.15. The molecule has 138 valence electrons. The molecule has 0 aliphatic rings. The molecule has 0 aliphatic carbocycles. The summed E-state index contributed by atoms with van der Waals surface area (Å²) < 4.78 is 20.4. The lowest BCUT2D eigenvalue weighted by molar-refractivity contribution is 0.414. The Morgan fingerprint density at radius 3 is 2.67 bits per heavy atom. The van der Waals surface area contributed by atoms with Crippen LogP contribution in [0.1, 0.15) is 12.0 Å². The molecular weight excluding hydrogens is 411 g/mol. The lowest BCUT2D eigenvalue weighted by Crippen LogP contribution is -2.08. The summed E-state index contributed by atoms with van der Waals surface area (Å²) in [4.78, 5) is 4.34. The van der Waals surface area contributed by atoms with Crippen LogP contribution < -0.4 is 15.4 Å². The normalized spacial score (nSPS) is 10.4. The Bertz CT molecular complexity index is 986. The highest BCUT2D eigenvalue weighted by atomic mass is 79.9. The molecule has 0 radical (unpaired) electrons. The number of methoxy groups -OCH3 is 1. The van der Waals surface area contributed by atoms with Crippen molar-refractivity contribution in [1.29, 1.82) is 5.26 Å². The summed E-state index contributed by atoms with van der Waals surface area (Å²) in [5.41, 5.74) is 2.86. The molecule has 0 saturated heterocycles. The van der Waals surface area contributed by atoms with Crippen LogP contribution in [0.2, 0.25) is 0 Å². The van der Waals surface area contributed by atoms with Crippen LogP contribution in [0.5, 0.6) is 5.75 Å². The first-order valence-electron chi connectivity index (χ1n) is 8.38. The topological polar surface area (TPSA) is 70.0 Å². The summed E-state index contributed by atoms with van der Waals surface area (Å²) in [7, 11) is 1.62. The second-order valence-electron chi connectivity index (χ2n) is 5.84.